The number of aromatic nitrogens is 2. The van der Waals surface area contributed by atoms with Crippen LogP contribution in [0.1, 0.15) is 18.4 Å². The third-order valence-corrected chi connectivity index (χ3v) is 7.53. The highest BCUT2D eigenvalue weighted by molar-refractivity contribution is 7.93. The van der Waals surface area contributed by atoms with Crippen LogP contribution in [-0.2, 0) is 21.4 Å². The van der Waals surface area contributed by atoms with E-state index in [4.69, 9.17) is 0 Å². The zero-order chi connectivity index (χ0) is 22.1. The van der Waals surface area contributed by atoms with Gasteiger partial charge >= 0.3 is 0 Å². The molecule has 0 unspecified atom stereocenters. The van der Waals surface area contributed by atoms with Crippen molar-refractivity contribution in [2.24, 2.45) is 0 Å². The molecular weight excluding hydrogens is 424 g/mol. The minimum Gasteiger partial charge on any atom is -0.352 e. The molecule has 5 rings (SSSR count). The third-order valence-electron chi connectivity index (χ3n) is 5.67. The first kappa shape index (κ1) is 20.3. The summed E-state index contributed by atoms with van der Waals surface area (Å²) < 4.78 is 29.3. The molecule has 0 saturated carbocycles. The zero-order valence-electron chi connectivity index (χ0n) is 17.3. The summed E-state index contributed by atoms with van der Waals surface area (Å²) >= 11 is 0. The molecule has 0 spiro atoms. The number of rotatable bonds is 7. The number of sulfonamides is 1. The maximum absolute atomic E-state index is 13.0. The van der Waals surface area contributed by atoms with Crippen molar-refractivity contribution < 1.29 is 13.2 Å². The van der Waals surface area contributed by atoms with Crippen LogP contribution in [0, 0.1) is 0 Å². The molecule has 1 aliphatic heterocycles. The van der Waals surface area contributed by atoms with Crippen LogP contribution in [0.3, 0.4) is 0 Å². The maximum atomic E-state index is 13.0. The van der Waals surface area contributed by atoms with Gasteiger partial charge in [0.05, 0.1) is 16.9 Å². The van der Waals surface area contributed by atoms with E-state index in [1.807, 2.05) is 59.3 Å². The molecule has 1 N–H and O–H groups in total. The van der Waals surface area contributed by atoms with E-state index in [9.17, 15) is 13.2 Å². The van der Waals surface area contributed by atoms with Gasteiger partial charge < -0.3 is 9.88 Å². The molecule has 0 saturated heterocycles. The van der Waals surface area contributed by atoms with Crippen molar-refractivity contribution in [2.75, 3.05) is 10.8 Å². The molecule has 0 fully saturated rings. The highest BCUT2D eigenvalue weighted by Gasteiger charge is 2.34. The summed E-state index contributed by atoms with van der Waals surface area (Å²) in [6.45, 7) is 0.693. The third kappa shape index (κ3) is 3.62. The fourth-order valence-electron chi connectivity index (χ4n) is 4.07. The molecule has 8 heteroatoms. The van der Waals surface area contributed by atoms with Gasteiger partial charge in [-0.05, 0) is 41.6 Å². The molecule has 0 bridgehead atoms. The number of nitrogens with one attached hydrogen (secondary N) is 1. The first-order valence-electron chi connectivity index (χ1n) is 10.4. The molecule has 0 radical (unpaired) electrons. The van der Waals surface area contributed by atoms with Crippen LogP contribution in [-0.4, -0.2) is 30.4 Å². The molecule has 0 aliphatic carbocycles. The molecule has 0 atom stereocenters. The molecule has 7 nitrogen and oxygen atoms in total. The zero-order valence-corrected chi connectivity index (χ0v) is 18.1. The normalized spacial score (nSPS) is 14.1. The molecule has 4 aromatic rings. The number of nitrogens with zero attached hydrogens (tertiary/aromatic N) is 3. The molecule has 1 aromatic heterocycles. The number of carbonyl (C=O) groups excluding carboxylic acids is 1. The SMILES string of the molecule is O=C(CCCN1c2cccc3cccc(c23)S1(=O)=O)NCc1ccc(-n2ccnc2)cc1. The fraction of sp³-hybridized carbons (Fsp3) is 0.167. The van der Waals surface area contributed by atoms with Crippen molar-refractivity contribution in [3.05, 3.63) is 84.9 Å². The minimum absolute atomic E-state index is 0.101. The largest absolute Gasteiger partial charge is 0.352 e. The van der Waals surface area contributed by atoms with E-state index in [0.29, 0.717) is 23.5 Å². The Hall–Kier alpha value is -3.65. The van der Waals surface area contributed by atoms with Gasteiger partial charge in [-0.3, -0.25) is 9.10 Å². The first-order valence-corrected chi connectivity index (χ1v) is 11.9. The molecular formula is C24H22N4O3S. The second-order valence-electron chi connectivity index (χ2n) is 7.73. The van der Waals surface area contributed by atoms with E-state index in [1.165, 1.54) is 4.31 Å². The van der Waals surface area contributed by atoms with E-state index < -0.39 is 10.0 Å². The molecule has 32 heavy (non-hydrogen) atoms. The second-order valence-corrected chi connectivity index (χ2v) is 9.56. The Morgan fingerprint density at radius 3 is 2.53 bits per heavy atom. The Labute approximate surface area is 186 Å². The van der Waals surface area contributed by atoms with Crippen LogP contribution < -0.4 is 9.62 Å². The number of carbonyl (C=O) groups is 1. The molecule has 2 heterocycles. The average molecular weight is 447 g/mol. The Balaban J connectivity index is 1.17. The number of imidazole rings is 1. The van der Waals surface area contributed by atoms with Crippen molar-refractivity contribution in [1.82, 2.24) is 14.9 Å². The maximum Gasteiger partial charge on any atom is 0.265 e. The van der Waals surface area contributed by atoms with Gasteiger partial charge in [-0.1, -0.05) is 36.4 Å². The predicted octanol–water partition coefficient (Wildman–Crippen LogP) is 3.63. The van der Waals surface area contributed by atoms with E-state index in [0.717, 1.165) is 22.0 Å². The van der Waals surface area contributed by atoms with E-state index >= 15 is 0 Å². The standard InChI is InChI=1S/C24H22N4O3S/c29-23(26-16-18-9-11-20(12-10-18)27-15-13-25-17-27)8-3-14-28-21-6-1-4-19-5-2-7-22(24(19)21)32(28,30)31/h1-2,4-7,9-13,15,17H,3,8,14,16H2,(H,26,29). The van der Waals surface area contributed by atoms with Gasteiger partial charge in [0.15, 0.2) is 0 Å². The van der Waals surface area contributed by atoms with E-state index in [2.05, 4.69) is 10.3 Å². The lowest BCUT2D eigenvalue weighted by Crippen LogP contribution is -2.30. The van der Waals surface area contributed by atoms with Crippen molar-refractivity contribution >= 4 is 32.4 Å². The van der Waals surface area contributed by atoms with E-state index in [1.54, 1.807) is 24.7 Å². The quantitative estimate of drug-likeness (QED) is 0.470. The summed E-state index contributed by atoms with van der Waals surface area (Å²) in [5, 5.41) is 4.58. The van der Waals surface area contributed by atoms with Crippen LogP contribution in [0.25, 0.3) is 16.5 Å². The van der Waals surface area contributed by atoms with Gasteiger partial charge in [0.2, 0.25) is 5.91 Å². The number of amides is 1. The van der Waals surface area contributed by atoms with Gasteiger partial charge in [0.1, 0.15) is 0 Å². The van der Waals surface area contributed by atoms with Gasteiger partial charge in [-0.15, -0.1) is 0 Å². The van der Waals surface area contributed by atoms with Crippen LogP contribution in [0.5, 0.6) is 0 Å². The lowest BCUT2D eigenvalue weighted by atomic mass is 10.1. The molecule has 3 aromatic carbocycles. The molecule has 1 amide bonds. The number of hydrogen-bond acceptors (Lipinski definition) is 4. The van der Waals surface area contributed by atoms with Crippen LogP contribution in [0.4, 0.5) is 5.69 Å². The predicted molar refractivity (Wildman–Crippen MR) is 123 cm³/mol. The highest BCUT2D eigenvalue weighted by Crippen LogP contribution is 2.41. The van der Waals surface area contributed by atoms with Crippen LogP contribution in [0.2, 0.25) is 0 Å². The van der Waals surface area contributed by atoms with Gasteiger partial charge in [0.25, 0.3) is 10.0 Å². The topological polar surface area (TPSA) is 84.3 Å². The highest BCUT2D eigenvalue weighted by atomic mass is 32.2. The molecule has 1 aliphatic rings. The van der Waals surface area contributed by atoms with Gasteiger partial charge in [0, 0.05) is 43.0 Å². The summed E-state index contributed by atoms with van der Waals surface area (Å²) in [5.74, 6) is -0.101. The van der Waals surface area contributed by atoms with Gasteiger partial charge in [-0.2, -0.15) is 0 Å². The lowest BCUT2D eigenvalue weighted by Gasteiger charge is -2.18. The second kappa shape index (κ2) is 8.12. The summed E-state index contributed by atoms with van der Waals surface area (Å²) in [7, 11) is -3.58. The summed E-state index contributed by atoms with van der Waals surface area (Å²) in [6.07, 6.45) is 6.02. The Morgan fingerprint density at radius 1 is 1.00 bits per heavy atom. The monoisotopic (exact) mass is 446 g/mol. The average Bonchev–Trinajstić information content (AvgIpc) is 3.41. The lowest BCUT2D eigenvalue weighted by molar-refractivity contribution is -0.121. The van der Waals surface area contributed by atoms with Crippen molar-refractivity contribution in [3.63, 3.8) is 0 Å². The Kier molecular flexibility index (Phi) is 5.14. The van der Waals surface area contributed by atoms with E-state index in [-0.39, 0.29) is 18.9 Å². The van der Waals surface area contributed by atoms with Crippen LogP contribution >= 0.6 is 0 Å². The number of anilines is 1. The first-order chi connectivity index (χ1) is 15.5. The van der Waals surface area contributed by atoms with Crippen LogP contribution in [0.15, 0.2) is 84.3 Å². The number of hydrogen-bond donors (Lipinski definition) is 1. The Bertz CT molecular complexity index is 1380. The summed E-state index contributed by atoms with van der Waals surface area (Å²) in [5.41, 5.74) is 2.68. The fourth-order valence-corrected chi connectivity index (χ4v) is 5.82. The number of benzene rings is 3. The smallest absolute Gasteiger partial charge is 0.265 e. The van der Waals surface area contributed by atoms with Crippen molar-refractivity contribution in [2.45, 2.75) is 24.3 Å². The van der Waals surface area contributed by atoms with Gasteiger partial charge in [-0.25, -0.2) is 13.4 Å². The van der Waals surface area contributed by atoms with Crippen molar-refractivity contribution in [1.29, 1.82) is 0 Å². The minimum atomic E-state index is -3.58. The molecule has 162 valence electrons. The Morgan fingerprint density at radius 2 is 1.78 bits per heavy atom. The summed E-state index contributed by atoms with van der Waals surface area (Å²) in [4.78, 5) is 16.7. The summed E-state index contributed by atoms with van der Waals surface area (Å²) in [6, 6.07) is 18.8. The van der Waals surface area contributed by atoms with Crippen molar-refractivity contribution in [3.8, 4) is 5.69 Å².